The van der Waals surface area contributed by atoms with Gasteiger partial charge in [-0.05, 0) is 12.3 Å². The highest BCUT2D eigenvalue weighted by Crippen LogP contribution is 2.34. The van der Waals surface area contributed by atoms with Gasteiger partial charge in [0, 0.05) is 12.1 Å². The van der Waals surface area contributed by atoms with Crippen LogP contribution >= 0.6 is 0 Å². The lowest BCUT2D eigenvalue weighted by atomic mass is 10.2. The molecule has 0 unspecified atom stereocenters. The molecule has 0 atom stereocenters. The van der Waals surface area contributed by atoms with Gasteiger partial charge < -0.3 is 4.74 Å². The van der Waals surface area contributed by atoms with Gasteiger partial charge in [0.05, 0.1) is 11.5 Å². The molecule has 0 bridgehead atoms. The van der Waals surface area contributed by atoms with E-state index >= 15 is 0 Å². The smallest absolute Gasteiger partial charge is 0.312 e. The first-order valence-electron chi connectivity index (χ1n) is 5.92. The zero-order valence-electron chi connectivity index (χ0n) is 10.4. The molecule has 1 aliphatic rings. The maximum Gasteiger partial charge on any atom is 0.312 e. The Labute approximate surface area is 114 Å². The van der Waals surface area contributed by atoms with Crippen molar-refractivity contribution in [3.63, 3.8) is 0 Å². The number of ether oxygens (including phenoxy) is 1. The van der Waals surface area contributed by atoms with Crippen LogP contribution in [0.5, 0.6) is 5.75 Å². The highest BCUT2D eigenvalue weighted by atomic mass is 32.2. The van der Waals surface area contributed by atoms with E-state index in [0.29, 0.717) is 18.1 Å². The number of nitrogens with two attached hydrogens (primary N) is 1. The second-order valence-electron chi connectivity index (χ2n) is 4.63. The lowest BCUT2D eigenvalue weighted by Crippen LogP contribution is -2.15. The quantitative estimate of drug-likeness (QED) is 0.633. The number of benzene rings is 1. The van der Waals surface area contributed by atoms with Crippen molar-refractivity contribution in [3.05, 3.63) is 28.1 Å². The first-order chi connectivity index (χ1) is 9.29. The molecule has 0 aromatic heterocycles. The fourth-order valence-corrected chi connectivity index (χ4v) is 2.35. The molecular weight excluding hydrogens is 291 g/mol. The minimum atomic E-state index is -4.37. The molecule has 1 aromatic rings. The number of sulfonamides is 1. The number of primary sulfonamides is 1. The monoisotopic (exact) mass is 304 g/mol. The van der Waals surface area contributed by atoms with E-state index in [0.717, 1.165) is 19.3 Å². The topological polar surface area (TPSA) is 113 Å². The van der Waals surface area contributed by atoms with Gasteiger partial charge in [-0.25, -0.2) is 17.9 Å². The van der Waals surface area contributed by atoms with E-state index in [1.165, 1.54) is 0 Å². The van der Waals surface area contributed by atoms with E-state index < -0.39 is 31.3 Å². The van der Waals surface area contributed by atoms with Crippen molar-refractivity contribution in [2.24, 2.45) is 11.1 Å². The first kappa shape index (κ1) is 14.7. The molecule has 0 radical (unpaired) electrons. The standard InChI is InChI=1S/C11H13FN2O5S/c12-8-5-10(19-4-3-7-1-2-7)9(14(15)16)6-11(8)20(13,17)18/h5-7H,1-4H2,(H2,13,17,18). The molecule has 7 nitrogen and oxygen atoms in total. The Bertz CT molecular complexity index is 642. The van der Waals surface area contributed by atoms with E-state index in [2.05, 4.69) is 0 Å². The summed E-state index contributed by atoms with van der Waals surface area (Å²) in [7, 11) is -4.37. The van der Waals surface area contributed by atoms with Gasteiger partial charge in [0.1, 0.15) is 10.7 Å². The summed E-state index contributed by atoms with van der Waals surface area (Å²) >= 11 is 0. The summed E-state index contributed by atoms with van der Waals surface area (Å²) in [4.78, 5) is 9.14. The Balaban J connectivity index is 2.29. The minimum absolute atomic E-state index is 0.222. The van der Waals surface area contributed by atoms with Gasteiger partial charge in [0.15, 0.2) is 5.75 Å². The molecule has 110 valence electrons. The maximum atomic E-state index is 13.6. The normalized spacial score (nSPS) is 15.1. The minimum Gasteiger partial charge on any atom is -0.487 e. The summed E-state index contributed by atoms with van der Waals surface area (Å²) in [6.07, 6.45) is 2.93. The van der Waals surface area contributed by atoms with E-state index in [-0.39, 0.29) is 12.4 Å². The van der Waals surface area contributed by atoms with Crippen molar-refractivity contribution in [3.8, 4) is 5.75 Å². The fourth-order valence-electron chi connectivity index (χ4n) is 1.74. The number of nitro groups is 1. The van der Waals surface area contributed by atoms with Gasteiger partial charge >= 0.3 is 5.69 Å². The Morgan fingerprint density at radius 3 is 2.60 bits per heavy atom. The largest absolute Gasteiger partial charge is 0.487 e. The molecule has 1 saturated carbocycles. The van der Waals surface area contributed by atoms with Crippen LogP contribution in [-0.4, -0.2) is 19.9 Å². The summed E-state index contributed by atoms with van der Waals surface area (Å²) in [6.45, 7) is 0.222. The molecule has 0 aliphatic heterocycles. The summed E-state index contributed by atoms with van der Waals surface area (Å²) in [5, 5.41) is 15.7. The van der Waals surface area contributed by atoms with Gasteiger partial charge in [0.2, 0.25) is 10.0 Å². The Hall–Kier alpha value is -1.74. The first-order valence-corrected chi connectivity index (χ1v) is 7.47. The summed E-state index contributed by atoms with van der Waals surface area (Å²) < 4.78 is 41.1. The van der Waals surface area contributed by atoms with Gasteiger partial charge in [-0.2, -0.15) is 0 Å². The van der Waals surface area contributed by atoms with Crippen LogP contribution in [0.2, 0.25) is 0 Å². The maximum absolute atomic E-state index is 13.6. The van der Waals surface area contributed by atoms with Crippen LogP contribution in [0.3, 0.4) is 0 Å². The Morgan fingerprint density at radius 1 is 1.45 bits per heavy atom. The average molecular weight is 304 g/mol. The predicted octanol–water partition coefficient (Wildman–Crippen LogP) is 1.56. The number of hydrogen-bond acceptors (Lipinski definition) is 5. The number of nitrogens with zero attached hydrogens (tertiary/aromatic N) is 1. The van der Waals surface area contributed by atoms with Crippen molar-refractivity contribution >= 4 is 15.7 Å². The number of rotatable bonds is 6. The number of hydrogen-bond donors (Lipinski definition) is 1. The average Bonchev–Trinajstić information content (AvgIpc) is 3.11. The molecular formula is C11H13FN2O5S. The molecule has 1 aromatic carbocycles. The van der Waals surface area contributed by atoms with Crippen molar-refractivity contribution in [1.29, 1.82) is 0 Å². The van der Waals surface area contributed by atoms with Crippen molar-refractivity contribution in [2.45, 2.75) is 24.2 Å². The zero-order valence-corrected chi connectivity index (χ0v) is 11.2. The van der Waals surface area contributed by atoms with Crippen LogP contribution in [0, 0.1) is 21.8 Å². The third-order valence-electron chi connectivity index (χ3n) is 3.00. The molecule has 9 heteroatoms. The second-order valence-corrected chi connectivity index (χ2v) is 6.16. The van der Waals surface area contributed by atoms with Gasteiger partial charge in [-0.3, -0.25) is 10.1 Å². The second kappa shape index (κ2) is 5.33. The van der Waals surface area contributed by atoms with Gasteiger partial charge in [-0.15, -0.1) is 0 Å². The van der Waals surface area contributed by atoms with Crippen molar-refractivity contribution in [2.75, 3.05) is 6.61 Å². The van der Waals surface area contributed by atoms with Crippen LogP contribution in [0.4, 0.5) is 10.1 Å². The fraction of sp³-hybridized carbons (Fsp3) is 0.455. The SMILES string of the molecule is NS(=O)(=O)c1cc([N+](=O)[O-])c(OCCC2CC2)cc1F. The third kappa shape index (κ3) is 3.42. The molecule has 0 spiro atoms. The van der Waals surface area contributed by atoms with Crippen molar-refractivity contribution in [1.82, 2.24) is 0 Å². The van der Waals surface area contributed by atoms with Gasteiger partial charge in [0.25, 0.3) is 0 Å². The molecule has 2 N–H and O–H groups in total. The van der Waals surface area contributed by atoms with Crippen LogP contribution < -0.4 is 9.88 Å². The number of halogens is 1. The number of nitro benzene ring substituents is 1. The lowest BCUT2D eigenvalue weighted by molar-refractivity contribution is -0.386. The molecule has 20 heavy (non-hydrogen) atoms. The molecule has 2 rings (SSSR count). The zero-order chi connectivity index (χ0) is 14.9. The summed E-state index contributed by atoms with van der Waals surface area (Å²) in [5.74, 6) is -0.900. The van der Waals surface area contributed by atoms with E-state index in [1.807, 2.05) is 0 Å². The third-order valence-corrected chi connectivity index (χ3v) is 3.92. The van der Waals surface area contributed by atoms with Crippen LogP contribution in [0.15, 0.2) is 17.0 Å². The summed E-state index contributed by atoms with van der Waals surface area (Å²) in [6, 6.07) is 1.27. The van der Waals surface area contributed by atoms with Crippen LogP contribution in [-0.2, 0) is 10.0 Å². The Kier molecular flexibility index (Phi) is 3.91. The molecule has 0 heterocycles. The van der Waals surface area contributed by atoms with E-state index in [1.54, 1.807) is 0 Å². The van der Waals surface area contributed by atoms with E-state index in [9.17, 15) is 22.9 Å². The summed E-state index contributed by atoms with van der Waals surface area (Å²) in [5.41, 5.74) is -0.619. The highest BCUT2D eigenvalue weighted by Gasteiger charge is 2.26. The molecule has 0 amide bonds. The highest BCUT2D eigenvalue weighted by molar-refractivity contribution is 7.89. The van der Waals surface area contributed by atoms with Crippen LogP contribution in [0.1, 0.15) is 19.3 Å². The molecule has 0 saturated heterocycles. The lowest BCUT2D eigenvalue weighted by Gasteiger charge is -2.08. The predicted molar refractivity (Wildman–Crippen MR) is 67.3 cm³/mol. The molecule has 1 fully saturated rings. The van der Waals surface area contributed by atoms with Crippen LogP contribution in [0.25, 0.3) is 0 Å². The Morgan fingerprint density at radius 2 is 2.10 bits per heavy atom. The van der Waals surface area contributed by atoms with Gasteiger partial charge in [-0.1, -0.05) is 12.8 Å². The molecule has 1 aliphatic carbocycles. The van der Waals surface area contributed by atoms with E-state index in [4.69, 9.17) is 9.88 Å². The van der Waals surface area contributed by atoms with Crippen molar-refractivity contribution < 1.29 is 22.5 Å².